The van der Waals surface area contributed by atoms with E-state index in [2.05, 4.69) is 16.9 Å². The van der Waals surface area contributed by atoms with Crippen molar-refractivity contribution in [2.45, 2.75) is 31.6 Å². The van der Waals surface area contributed by atoms with Crippen LogP contribution in [0, 0.1) is 0 Å². The van der Waals surface area contributed by atoms with Crippen LogP contribution in [0.15, 0.2) is 52.5 Å². The number of hydrazone groups is 1. The van der Waals surface area contributed by atoms with Crippen LogP contribution in [0.5, 0.6) is 11.5 Å². The van der Waals surface area contributed by atoms with Crippen LogP contribution in [0.4, 0.5) is 0 Å². The second kappa shape index (κ2) is 7.14. The van der Waals surface area contributed by atoms with E-state index in [9.17, 15) is 8.42 Å². The van der Waals surface area contributed by atoms with Gasteiger partial charge in [-0.25, -0.2) is 0 Å². The minimum Gasteiger partial charge on any atom is -0.454 e. The molecule has 0 bridgehead atoms. The highest BCUT2D eigenvalue weighted by atomic mass is 32.2. The zero-order chi connectivity index (χ0) is 17.9. The molecule has 0 unspecified atom stereocenters. The lowest BCUT2D eigenvalue weighted by Crippen LogP contribution is -2.20. The maximum absolute atomic E-state index is 12.4. The summed E-state index contributed by atoms with van der Waals surface area (Å²) < 4.78 is 35.3. The zero-order valence-corrected chi connectivity index (χ0v) is 15.0. The Hall–Kier alpha value is -2.54. The Morgan fingerprint density at radius 1 is 1.12 bits per heavy atom. The van der Waals surface area contributed by atoms with Gasteiger partial charge in [0.2, 0.25) is 6.79 Å². The molecule has 0 saturated carbocycles. The van der Waals surface area contributed by atoms with Crippen molar-refractivity contribution in [2.75, 3.05) is 6.79 Å². The highest BCUT2D eigenvalue weighted by Crippen LogP contribution is 2.32. The predicted octanol–water partition coefficient (Wildman–Crippen LogP) is 3.07. The zero-order valence-electron chi connectivity index (χ0n) is 14.2. The predicted molar refractivity (Wildman–Crippen MR) is 95.5 cm³/mol. The van der Waals surface area contributed by atoms with Crippen molar-refractivity contribution in [1.29, 1.82) is 0 Å². The number of aryl methyl sites for hydroxylation is 1. The lowest BCUT2D eigenvalue weighted by atomic mass is 10.1. The number of sulfonamides is 1. The van der Waals surface area contributed by atoms with Crippen LogP contribution >= 0.6 is 0 Å². The average molecular weight is 360 g/mol. The summed E-state index contributed by atoms with van der Waals surface area (Å²) in [5, 5.41) is 4.01. The molecular formula is C18H20N2O4S. The first-order valence-electron chi connectivity index (χ1n) is 8.04. The molecule has 25 heavy (non-hydrogen) atoms. The summed E-state index contributed by atoms with van der Waals surface area (Å²) in [5.74, 6) is 1.30. The Morgan fingerprint density at radius 2 is 1.84 bits per heavy atom. The van der Waals surface area contributed by atoms with Crippen LogP contribution < -0.4 is 14.3 Å². The van der Waals surface area contributed by atoms with E-state index in [0.29, 0.717) is 17.2 Å². The number of hydrogen-bond donors (Lipinski definition) is 1. The summed E-state index contributed by atoms with van der Waals surface area (Å²) in [5.41, 5.74) is 2.40. The molecule has 0 aromatic heterocycles. The van der Waals surface area contributed by atoms with Gasteiger partial charge < -0.3 is 9.47 Å². The summed E-state index contributed by atoms with van der Waals surface area (Å²) in [6.45, 7) is 4.00. The van der Waals surface area contributed by atoms with Gasteiger partial charge in [-0.3, -0.25) is 0 Å². The van der Waals surface area contributed by atoms with Crippen molar-refractivity contribution in [3.63, 3.8) is 0 Å². The topological polar surface area (TPSA) is 77.0 Å². The number of fused-ring (bicyclic) bond motifs is 1. The fourth-order valence-electron chi connectivity index (χ4n) is 2.49. The fraction of sp³-hybridized carbons (Fsp3) is 0.278. The van der Waals surface area contributed by atoms with Crippen LogP contribution in [0.2, 0.25) is 0 Å². The van der Waals surface area contributed by atoms with Crippen LogP contribution in [0.3, 0.4) is 0 Å². The first kappa shape index (κ1) is 17.3. The minimum absolute atomic E-state index is 0.189. The molecule has 0 aliphatic carbocycles. The Bertz CT molecular complexity index is 890. The second-order valence-electron chi connectivity index (χ2n) is 5.75. The van der Waals surface area contributed by atoms with Gasteiger partial charge in [0, 0.05) is 5.56 Å². The third-order valence-electron chi connectivity index (χ3n) is 3.90. The molecule has 1 N–H and O–H groups in total. The molecule has 1 aliphatic rings. The van der Waals surface area contributed by atoms with Crippen molar-refractivity contribution in [2.24, 2.45) is 5.10 Å². The summed E-state index contributed by atoms with van der Waals surface area (Å²) in [6, 6.07) is 12.2. The van der Waals surface area contributed by atoms with Gasteiger partial charge in [0.25, 0.3) is 10.0 Å². The van der Waals surface area contributed by atoms with Crippen molar-refractivity contribution < 1.29 is 17.9 Å². The number of benzene rings is 2. The van der Waals surface area contributed by atoms with Crippen molar-refractivity contribution in [1.82, 2.24) is 4.83 Å². The standard InChI is InChI=1S/C18H20N2O4S/c1-3-4-14-5-8-16(9-6-14)25(21,22)20-19-13(2)15-7-10-17-18(11-15)24-12-23-17/h5-11,20H,3-4,12H2,1-2H3/b19-13+. The minimum atomic E-state index is -3.70. The SMILES string of the molecule is CCCc1ccc(S(=O)(=O)N/N=C(\C)c2ccc3c(c2)OCO3)cc1. The third kappa shape index (κ3) is 3.93. The lowest BCUT2D eigenvalue weighted by Gasteiger charge is -2.07. The normalized spacial score (nSPS) is 13.8. The maximum Gasteiger partial charge on any atom is 0.276 e. The van der Waals surface area contributed by atoms with Gasteiger partial charge in [0.05, 0.1) is 10.6 Å². The molecule has 0 amide bonds. The first-order valence-corrected chi connectivity index (χ1v) is 9.53. The Labute approximate surface area is 147 Å². The number of hydrogen-bond acceptors (Lipinski definition) is 5. The summed E-state index contributed by atoms with van der Waals surface area (Å²) in [6.07, 6.45) is 1.94. The molecule has 0 atom stereocenters. The van der Waals surface area contributed by atoms with Crippen molar-refractivity contribution >= 4 is 15.7 Å². The number of ether oxygens (including phenoxy) is 2. The first-order chi connectivity index (χ1) is 12.0. The van der Waals surface area contributed by atoms with Gasteiger partial charge in [0.1, 0.15) is 0 Å². The number of rotatable bonds is 6. The van der Waals surface area contributed by atoms with Crippen LogP contribution in [-0.4, -0.2) is 20.9 Å². The highest BCUT2D eigenvalue weighted by Gasteiger charge is 2.15. The molecule has 132 valence electrons. The lowest BCUT2D eigenvalue weighted by molar-refractivity contribution is 0.174. The van der Waals surface area contributed by atoms with Gasteiger partial charge in [-0.05, 0) is 49.2 Å². The molecule has 2 aromatic carbocycles. The fourth-order valence-corrected chi connectivity index (χ4v) is 3.35. The molecular weight excluding hydrogens is 340 g/mol. The van der Waals surface area contributed by atoms with Crippen LogP contribution in [0.25, 0.3) is 0 Å². The molecule has 1 heterocycles. The quantitative estimate of drug-likeness (QED) is 0.634. The molecule has 0 saturated heterocycles. The monoisotopic (exact) mass is 360 g/mol. The smallest absolute Gasteiger partial charge is 0.276 e. The van der Waals surface area contributed by atoms with Crippen LogP contribution in [0.1, 0.15) is 31.4 Å². The Kier molecular flexibility index (Phi) is 4.94. The van der Waals surface area contributed by atoms with E-state index in [-0.39, 0.29) is 11.7 Å². The second-order valence-corrected chi connectivity index (χ2v) is 7.41. The Balaban J connectivity index is 1.75. The molecule has 7 heteroatoms. The van der Waals surface area contributed by atoms with E-state index in [1.165, 1.54) is 0 Å². The highest BCUT2D eigenvalue weighted by molar-refractivity contribution is 7.89. The summed E-state index contributed by atoms with van der Waals surface area (Å²) in [4.78, 5) is 2.47. The van der Waals surface area contributed by atoms with Crippen molar-refractivity contribution in [3.8, 4) is 11.5 Å². The van der Waals surface area contributed by atoms with Gasteiger partial charge in [-0.1, -0.05) is 25.5 Å². The van der Waals surface area contributed by atoms with Gasteiger partial charge in [-0.2, -0.15) is 18.4 Å². The van der Waals surface area contributed by atoms with Crippen molar-refractivity contribution in [3.05, 3.63) is 53.6 Å². The molecule has 1 aliphatic heterocycles. The summed E-state index contributed by atoms with van der Waals surface area (Å²) >= 11 is 0. The molecule has 0 radical (unpaired) electrons. The Morgan fingerprint density at radius 3 is 2.56 bits per heavy atom. The van der Waals surface area contributed by atoms with E-state index < -0.39 is 10.0 Å². The number of nitrogens with one attached hydrogen (secondary N) is 1. The van der Waals surface area contributed by atoms with Crippen LogP contribution in [-0.2, 0) is 16.4 Å². The van der Waals surface area contributed by atoms with E-state index >= 15 is 0 Å². The average Bonchev–Trinajstić information content (AvgIpc) is 3.08. The molecule has 0 fully saturated rings. The van der Waals surface area contributed by atoms with E-state index in [1.54, 1.807) is 37.3 Å². The maximum atomic E-state index is 12.4. The van der Waals surface area contributed by atoms with Gasteiger partial charge in [-0.15, -0.1) is 0 Å². The molecule has 3 rings (SSSR count). The van der Waals surface area contributed by atoms with Gasteiger partial charge in [0.15, 0.2) is 11.5 Å². The van der Waals surface area contributed by atoms with E-state index in [1.807, 2.05) is 12.1 Å². The van der Waals surface area contributed by atoms with E-state index in [4.69, 9.17) is 9.47 Å². The summed E-state index contributed by atoms with van der Waals surface area (Å²) in [7, 11) is -3.70. The third-order valence-corrected chi connectivity index (χ3v) is 5.12. The van der Waals surface area contributed by atoms with Gasteiger partial charge >= 0.3 is 0 Å². The largest absolute Gasteiger partial charge is 0.454 e. The van der Waals surface area contributed by atoms with E-state index in [0.717, 1.165) is 24.0 Å². The molecule has 0 spiro atoms. The molecule has 6 nitrogen and oxygen atoms in total. The molecule has 2 aromatic rings. The number of nitrogens with zero attached hydrogens (tertiary/aromatic N) is 1.